The number of pyridine rings is 5. The Morgan fingerprint density at radius 1 is 0.655 bits per heavy atom. The molecule has 25 heteroatoms. The lowest BCUT2D eigenvalue weighted by atomic mass is 9.86. The summed E-state index contributed by atoms with van der Waals surface area (Å²) in [4.78, 5) is 100. The quantitative estimate of drug-likeness (QED) is 0.0387. The number of carbonyl (C=O) groups is 5. The maximum Gasteiger partial charge on any atom is 0.323 e. The van der Waals surface area contributed by atoms with Crippen LogP contribution < -0.4 is 26.3 Å². The number of halogens is 3. The summed E-state index contributed by atoms with van der Waals surface area (Å²) in [6.07, 6.45) is 8.65. The number of carboxylic acid groups (broad SMARTS) is 2. The van der Waals surface area contributed by atoms with E-state index in [1.165, 1.54) is 43.1 Å². The van der Waals surface area contributed by atoms with Gasteiger partial charge in [-0.25, -0.2) is 8.78 Å². The second kappa shape index (κ2) is 31.9. The van der Waals surface area contributed by atoms with E-state index < -0.39 is 35.4 Å². The number of ether oxygens (including phenoxy) is 3. The largest absolute Gasteiger partial charge is 0.481 e. The molecule has 0 saturated carbocycles. The molecule has 0 bridgehead atoms. The number of ketones is 1. The number of rotatable bonds is 16. The van der Waals surface area contributed by atoms with Gasteiger partial charge in [-0.05, 0) is 96.4 Å². The van der Waals surface area contributed by atoms with Gasteiger partial charge in [0.05, 0.1) is 33.6 Å². The van der Waals surface area contributed by atoms with Gasteiger partial charge in [0.1, 0.15) is 52.6 Å². The molecule has 87 heavy (non-hydrogen) atoms. The molecule has 1 atom stereocenters. The number of Topliss-reactive ketones (excluding diaryl/α,β-unsaturated/α-hetero) is 1. The Hall–Kier alpha value is -10.6. The zero-order valence-electron chi connectivity index (χ0n) is 45.7. The Kier molecular flexibility index (Phi) is 24.7. The fourth-order valence-electron chi connectivity index (χ4n) is 8.74. The summed E-state index contributed by atoms with van der Waals surface area (Å²) in [6, 6.07) is 34.5. The molecule has 9 heterocycles. The number of alkyl halides is 1. The van der Waals surface area contributed by atoms with E-state index in [0.717, 1.165) is 33.3 Å². The molecule has 22 nitrogen and oxygen atoms in total. The molecule has 0 aliphatic rings. The molecule has 11 aromatic rings. The number of nitrogens with two attached hydrogens (primary N) is 1. The Bertz CT molecular complexity index is 4260. The van der Waals surface area contributed by atoms with Crippen molar-refractivity contribution in [3.05, 3.63) is 208 Å². The molecule has 454 valence electrons. The van der Waals surface area contributed by atoms with Gasteiger partial charge in [-0.3, -0.25) is 38.5 Å². The predicted molar refractivity (Wildman–Crippen MR) is 329 cm³/mol. The highest BCUT2D eigenvalue weighted by atomic mass is 79.9. The number of hydrogen-bond acceptors (Lipinski definition) is 13. The maximum atomic E-state index is 14.0. The lowest BCUT2D eigenvalue weighted by molar-refractivity contribution is -0.138. The van der Waals surface area contributed by atoms with E-state index in [1.807, 2.05) is 42.6 Å². The number of nitrogens with one attached hydrogen (secondary N) is 3. The highest BCUT2D eigenvalue weighted by molar-refractivity contribution is 9.09. The number of carboxylic acids is 2. The molecular weight excluding hydrogens is 1190 g/mol. The molecule has 0 unspecified atom stereocenters. The smallest absolute Gasteiger partial charge is 0.323 e. The van der Waals surface area contributed by atoms with Crippen LogP contribution in [0.1, 0.15) is 48.8 Å². The van der Waals surface area contributed by atoms with Crippen molar-refractivity contribution in [1.82, 2.24) is 43.6 Å². The number of esters is 1. The first kappa shape index (κ1) is 67.2. The molecule has 0 radical (unpaired) electrons. The molecule has 9 aromatic heterocycles. The average Bonchev–Trinajstić information content (AvgIpc) is 2.22. The van der Waals surface area contributed by atoms with E-state index in [2.05, 4.69) is 50.6 Å². The number of hydrogen-bond donors (Lipinski definition) is 6. The summed E-state index contributed by atoms with van der Waals surface area (Å²) in [5, 5.41) is 21.2. The van der Waals surface area contributed by atoms with Crippen LogP contribution in [0.15, 0.2) is 168 Å². The van der Waals surface area contributed by atoms with Crippen LogP contribution in [0.4, 0.5) is 8.78 Å². The van der Waals surface area contributed by atoms with Gasteiger partial charge in [-0.15, -0.1) is 0 Å². The van der Waals surface area contributed by atoms with Crippen molar-refractivity contribution in [3.8, 4) is 22.9 Å². The topological polar surface area (TPSA) is 314 Å². The predicted octanol–water partition coefficient (Wildman–Crippen LogP) is 9.70. The van der Waals surface area contributed by atoms with Crippen LogP contribution in [0.25, 0.3) is 55.3 Å². The first-order valence-corrected chi connectivity index (χ1v) is 26.7. The van der Waals surface area contributed by atoms with Crippen molar-refractivity contribution in [3.63, 3.8) is 0 Å². The molecule has 11 rings (SSSR count). The third-order valence-corrected chi connectivity index (χ3v) is 13.0. The Morgan fingerprint density at radius 2 is 1.22 bits per heavy atom. The third-order valence-electron chi connectivity index (χ3n) is 12.5. The fourth-order valence-corrected chi connectivity index (χ4v) is 8.97. The van der Waals surface area contributed by atoms with E-state index in [-0.39, 0.29) is 75.5 Å². The highest BCUT2D eigenvalue weighted by Gasteiger charge is 2.24. The van der Waals surface area contributed by atoms with Crippen molar-refractivity contribution in [2.75, 3.05) is 26.7 Å². The monoisotopic (exact) mass is 1260 g/mol. The van der Waals surface area contributed by atoms with Crippen LogP contribution in [-0.2, 0) is 50.0 Å². The lowest BCUT2D eigenvalue weighted by Gasteiger charge is -2.20. The van der Waals surface area contributed by atoms with Crippen LogP contribution >= 0.6 is 15.9 Å². The summed E-state index contributed by atoms with van der Waals surface area (Å²) >= 11 is 2.90. The molecule has 0 aliphatic heterocycles. The number of nitrogens with zero attached hydrogens (tertiary/aromatic N) is 6. The van der Waals surface area contributed by atoms with Gasteiger partial charge in [0, 0.05) is 106 Å². The molecule has 0 aliphatic carbocycles. The van der Waals surface area contributed by atoms with Gasteiger partial charge >= 0.3 is 17.9 Å². The summed E-state index contributed by atoms with van der Waals surface area (Å²) < 4.78 is 47.0. The number of carbonyl (C=O) groups excluding carboxylic acids is 3. The van der Waals surface area contributed by atoms with E-state index in [9.17, 15) is 42.3 Å². The first-order chi connectivity index (χ1) is 40.8. The minimum absolute atomic E-state index is 0. The van der Waals surface area contributed by atoms with Gasteiger partial charge in [0.15, 0.2) is 5.78 Å². The Labute approximate surface area is 504 Å². The van der Waals surface area contributed by atoms with Crippen LogP contribution in [0.3, 0.4) is 0 Å². The Balaban J connectivity index is 0.000000234. The number of H-pyrrole nitrogens is 3. The zero-order valence-corrected chi connectivity index (χ0v) is 47.3. The minimum Gasteiger partial charge on any atom is -0.481 e. The molecule has 7 N–H and O–H groups in total. The maximum absolute atomic E-state index is 14.0. The second-order valence-corrected chi connectivity index (χ2v) is 19.0. The molecule has 0 spiro atoms. The summed E-state index contributed by atoms with van der Waals surface area (Å²) in [6.45, 7) is -0.260. The molecule has 2 aromatic carbocycles. The molecule has 1 amide bonds. The van der Waals surface area contributed by atoms with Crippen molar-refractivity contribution in [1.29, 1.82) is 0 Å². The van der Waals surface area contributed by atoms with E-state index >= 15 is 0 Å². The van der Waals surface area contributed by atoms with Crippen molar-refractivity contribution in [2.45, 2.75) is 53.2 Å². The van der Waals surface area contributed by atoms with Gasteiger partial charge < -0.3 is 58.8 Å². The van der Waals surface area contributed by atoms with Crippen molar-refractivity contribution in [2.24, 2.45) is 5.73 Å². The third kappa shape index (κ3) is 18.7. The van der Waals surface area contributed by atoms with Crippen LogP contribution in [0.5, 0.6) is 11.8 Å². The van der Waals surface area contributed by atoms with Gasteiger partial charge in [0.25, 0.3) is 0 Å². The standard InChI is InChI=1S/C30H24F2N4O3.C10H10N2O3.C9H8N2O3.C8H8N2O.C3H5BrO2.2CH4/c31-23-12-18(13-24(32)16-23)11-22(15-25(37)17-36-10-8-19-6-7-27(38)35-30(19)36)28-26(5-2-9-34-28)20-3-1-4-21(14-20)29(33)39;1-15-8-3-2-7-4-5-12(6-9(13)14)10(7)11-8;12-7-2-1-6-3-4-11(5-8(13)14)9(6)10-7;1-11-7-3-2-6-4-5-9-8(6)10-7;1-6-3(5)2-4;;/h1-10,12-14,16,22H,11,15,17H2,(H2,33,39)(H,35,38);2-5H,6H2,1H3,(H,13,14);1-4H,5H2,(H,10,12)(H,13,14);2-5H,1H3,(H,9,10);2H2,1H3;2*1H4/t22-;;;;;;/m1....../s1. The zero-order chi connectivity index (χ0) is 61.2. The Morgan fingerprint density at radius 3 is 1.79 bits per heavy atom. The average molecular weight is 1260 g/mol. The number of methoxy groups -OCH3 is 3. The number of aromatic amines is 3. The van der Waals surface area contributed by atoms with Gasteiger partial charge in [0.2, 0.25) is 28.8 Å². The van der Waals surface area contributed by atoms with Crippen LogP contribution in [0.2, 0.25) is 0 Å². The number of aliphatic carboxylic acids is 2. The van der Waals surface area contributed by atoms with Crippen molar-refractivity contribution < 1.29 is 57.2 Å². The van der Waals surface area contributed by atoms with Crippen LogP contribution in [-0.4, -0.2) is 110 Å². The van der Waals surface area contributed by atoms with E-state index in [1.54, 1.807) is 102 Å². The number of fused-ring (bicyclic) bond motifs is 4. The first-order valence-electron chi connectivity index (χ1n) is 25.6. The van der Waals surface area contributed by atoms with E-state index in [0.29, 0.717) is 56.6 Å². The minimum atomic E-state index is -0.938. The normalized spacial score (nSPS) is 10.7. The SMILES string of the molecule is C.C.COC(=O)CBr.COc1ccc2cc[nH]c2n1.COc1ccc2ccn(CC(=O)O)c2n1.NC(=O)c1cccc(-c2cccnc2[C@@H](CC(=O)Cn2ccc3ccc(=O)[nH]c32)Cc2cc(F)cc(F)c2)c1.O=C(O)Cn1ccc2ccc(=O)[nH]c21. The summed E-state index contributed by atoms with van der Waals surface area (Å²) in [5.41, 5.74) is 10.1. The lowest BCUT2D eigenvalue weighted by Crippen LogP contribution is -2.17. The van der Waals surface area contributed by atoms with E-state index in [4.69, 9.17) is 25.4 Å². The molecular formula is C62H63BrF2N10O12. The molecule has 0 saturated heterocycles. The number of aromatic nitrogens is 9. The number of amides is 1. The molecule has 0 fully saturated rings. The number of benzene rings is 2. The summed E-state index contributed by atoms with van der Waals surface area (Å²) in [7, 11) is 4.49. The van der Waals surface area contributed by atoms with Gasteiger partial charge in [-0.1, -0.05) is 49.0 Å². The fraction of sp³-hybridized carbons (Fsp3) is 0.194. The second-order valence-electron chi connectivity index (χ2n) is 18.4. The van der Waals surface area contributed by atoms with Crippen LogP contribution in [0, 0.1) is 11.6 Å². The number of primary amides is 1. The summed E-state index contributed by atoms with van der Waals surface area (Å²) in [5.74, 6) is -3.68. The van der Waals surface area contributed by atoms with Gasteiger partial charge in [-0.2, -0.15) is 9.97 Å². The highest BCUT2D eigenvalue weighted by Crippen LogP contribution is 2.33. The van der Waals surface area contributed by atoms with Crippen molar-refractivity contribution >= 4 is 89.7 Å².